The highest BCUT2D eigenvalue weighted by Gasteiger charge is 2.25. The lowest BCUT2D eigenvalue weighted by Gasteiger charge is -2.32. The van der Waals surface area contributed by atoms with Crippen molar-refractivity contribution < 1.29 is 4.74 Å². The monoisotopic (exact) mass is 315 g/mol. The first-order valence-electron chi connectivity index (χ1n) is 8.58. The summed E-state index contributed by atoms with van der Waals surface area (Å²) in [7, 11) is 4.39. The summed E-state index contributed by atoms with van der Waals surface area (Å²) in [4.78, 5) is 3.96. The van der Waals surface area contributed by atoms with Crippen LogP contribution < -0.4 is 4.74 Å². The summed E-state index contributed by atoms with van der Waals surface area (Å²) in [5.74, 6) is 1.14. The van der Waals surface area contributed by atoms with Gasteiger partial charge in [0.05, 0.1) is 6.10 Å². The Morgan fingerprint density at radius 2 is 1.91 bits per heavy atom. The third kappa shape index (κ3) is 2.55. The molecule has 118 valence electrons. The zero-order valence-corrected chi connectivity index (χ0v) is 14.4. The topological polar surface area (TPSA) is 12.5 Å². The number of hydrogen-bond donors (Lipinski definition) is 0. The van der Waals surface area contributed by atoms with Crippen LogP contribution in [0.5, 0.6) is 5.75 Å². The van der Waals surface area contributed by atoms with E-state index < -0.39 is 0 Å². The van der Waals surface area contributed by atoms with Crippen LogP contribution in [0.2, 0.25) is 0 Å². The van der Waals surface area contributed by atoms with Crippen LogP contribution in [0.1, 0.15) is 42.5 Å². The second-order valence-corrected chi connectivity index (χ2v) is 8.14. The van der Waals surface area contributed by atoms with Gasteiger partial charge in [0.25, 0.3) is 0 Å². The van der Waals surface area contributed by atoms with Crippen LogP contribution in [0.3, 0.4) is 0 Å². The average Bonchev–Trinajstić information content (AvgIpc) is 3.08. The van der Waals surface area contributed by atoms with E-state index in [1.54, 1.807) is 10.4 Å². The molecule has 0 aliphatic heterocycles. The quantitative estimate of drug-likeness (QED) is 0.818. The van der Waals surface area contributed by atoms with Crippen molar-refractivity contribution in [3.05, 3.63) is 28.6 Å². The fourth-order valence-corrected chi connectivity index (χ4v) is 5.39. The molecule has 1 saturated carbocycles. The molecule has 3 heteroatoms. The molecule has 22 heavy (non-hydrogen) atoms. The molecule has 1 aromatic carbocycles. The van der Waals surface area contributed by atoms with Crippen LogP contribution in [-0.2, 0) is 12.8 Å². The van der Waals surface area contributed by atoms with Gasteiger partial charge >= 0.3 is 0 Å². The number of benzene rings is 1. The Morgan fingerprint density at radius 1 is 1.09 bits per heavy atom. The van der Waals surface area contributed by atoms with Crippen LogP contribution in [0, 0.1) is 0 Å². The smallest absolute Gasteiger partial charge is 0.128 e. The molecule has 1 fully saturated rings. The van der Waals surface area contributed by atoms with E-state index in [-0.39, 0.29) is 0 Å². The van der Waals surface area contributed by atoms with Gasteiger partial charge in [-0.2, -0.15) is 0 Å². The second kappa shape index (κ2) is 5.86. The minimum absolute atomic E-state index is 0.402. The number of fused-ring (bicyclic) bond motifs is 3. The third-order valence-corrected chi connectivity index (χ3v) is 6.61. The number of rotatable bonds is 3. The summed E-state index contributed by atoms with van der Waals surface area (Å²) >= 11 is 1.98. The van der Waals surface area contributed by atoms with Gasteiger partial charge < -0.3 is 9.64 Å². The molecular formula is C19H25NOS. The SMILES string of the molecule is CN(C)C1CCC(Oc2cccc3sc4c(c23)CCC4)CC1. The van der Waals surface area contributed by atoms with Crippen molar-refractivity contribution in [3.63, 3.8) is 0 Å². The van der Waals surface area contributed by atoms with Crippen molar-refractivity contribution in [1.29, 1.82) is 0 Å². The molecule has 0 amide bonds. The van der Waals surface area contributed by atoms with Crippen LogP contribution in [0.4, 0.5) is 0 Å². The predicted molar refractivity (Wildman–Crippen MR) is 94.2 cm³/mol. The fraction of sp³-hybridized carbons (Fsp3) is 0.579. The van der Waals surface area contributed by atoms with Crippen molar-refractivity contribution in [3.8, 4) is 5.75 Å². The summed E-state index contributed by atoms with van der Waals surface area (Å²) < 4.78 is 7.89. The lowest BCUT2D eigenvalue weighted by molar-refractivity contribution is 0.112. The molecule has 0 unspecified atom stereocenters. The van der Waals surface area contributed by atoms with Crippen LogP contribution >= 0.6 is 11.3 Å². The van der Waals surface area contributed by atoms with Crippen molar-refractivity contribution in [2.75, 3.05) is 14.1 Å². The molecule has 0 N–H and O–H groups in total. The van der Waals surface area contributed by atoms with Gasteiger partial charge in [0.2, 0.25) is 0 Å². The Hall–Kier alpha value is -1.06. The van der Waals surface area contributed by atoms with E-state index in [4.69, 9.17) is 4.74 Å². The Bertz CT molecular complexity index is 667. The van der Waals surface area contributed by atoms with Crippen LogP contribution in [0.15, 0.2) is 18.2 Å². The summed E-state index contributed by atoms with van der Waals surface area (Å²) in [6.45, 7) is 0. The zero-order chi connectivity index (χ0) is 15.1. The highest BCUT2D eigenvalue weighted by atomic mass is 32.1. The van der Waals surface area contributed by atoms with Crippen molar-refractivity contribution >= 4 is 21.4 Å². The van der Waals surface area contributed by atoms with Crippen molar-refractivity contribution in [2.45, 2.75) is 57.1 Å². The third-order valence-electron chi connectivity index (χ3n) is 5.36. The van der Waals surface area contributed by atoms with Crippen molar-refractivity contribution in [2.24, 2.45) is 0 Å². The zero-order valence-electron chi connectivity index (χ0n) is 13.6. The predicted octanol–water partition coefficient (Wildman–Crippen LogP) is 4.64. The van der Waals surface area contributed by atoms with Crippen LogP contribution in [-0.4, -0.2) is 31.1 Å². The Kier molecular flexibility index (Phi) is 3.87. The number of aryl methyl sites for hydroxylation is 2. The van der Waals surface area contributed by atoms with Gasteiger partial charge in [-0.3, -0.25) is 0 Å². The minimum atomic E-state index is 0.402. The maximum atomic E-state index is 6.47. The van der Waals surface area contributed by atoms with Gasteiger partial charge in [0.1, 0.15) is 5.75 Å². The number of hydrogen-bond acceptors (Lipinski definition) is 3. The first-order chi connectivity index (χ1) is 10.7. The standard InChI is InChI=1S/C19H25NOS/c1-20(2)13-9-11-14(12-10-13)21-16-6-4-8-18-19(16)15-5-3-7-17(15)22-18/h4,6,8,13-14H,3,5,7,9-12H2,1-2H3. The van der Waals surface area contributed by atoms with Gasteiger partial charge in [-0.25, -0.2) is 0 Å². The molecule has 2 aromatic rings. The molecule has 0 bridgehead atoms. The van der Waals surface area contributed by atoms with E-state index in [2.05, 4.69) is 37.2 Å². The normalized spacial score (nSPS) is 24.9. The van der Waals surface area contributed by atoms with Gasteiger partial charge in [0.15, 0.2) is 0 Å². The summed E-state index contributed by atoms with van der Waals surface area (Å²) in [5, 5.41) is 1.43. The van der Waals surface area contributed by atoms with Gasteiger partial charge in [-0.05, 0) is 76.7 Å². The molecule has 2 aliphatic carbocycles. The number of nitrogens with zero attached hydrogens (tertiary/aromatic N) is 1. The molecule has 0 spiro atoms. The van der Waals surface area contributed by atoms with E-state index in [9.17, 15) is 0 Å². The molecule has 1 aromatic heterocycles. The van der Waals surface area contributed by atoms with Gasteiger partial charge in [-0.1, -0.05) is 6.07 Å². The molecule has 1 heterocycles. The molecule has 0 radical (unpaired) electrons. The Morgan fingerprint density at radius 3 is 2.68 bits per heavy atom. The van der Waals surface area contributed by atoms with Gasteiger partial charge in [-0.15, -0.1) is 11.3 Å². The summed E-state index contributed by atoms with van der Waals surface area (Å²) in [6, 6.07) is 7.34. The highest BCUT2D eigenvalue weighted by molar-refractivity contribution is 7.19. The van der Waals surface area contributed by atoms with Crippen LogP contribution in [0.25, 0.3) is 10.1 Å². The second-order valence-electron chi connectivity index (χ2n) is 7.00. The first kappa shape index (κ1) is 14.5. The average molecular weight is 315 g/mol. The lowest BCUT2D eigenvalue weighted by Crippen LogP contribution is -2.35. The van der Waals surface area contributed by atoms with E-state index in [1.165, 1.54) is 55.0 Å². The molecule has 0 saturated heterocycles. The van der Waals surface area contributed by atoms with E-state index in [0.717, 1.165) is 11.8 Å². The summed E-state index contributed by atoms with van der Waals surface area (Å²) in [5.41, 5.74) is 1.58. The molecule has 2 nitrogen and oxygen atoms in total. The molecule has 0 atom stereocenters. The van der Waals surface area contributed by atoms with Gasteiger partial charge in [0, 0.05) is 21.0 Å². The number of ether oxygens (including phenoxy) is 1. The maximum absolute atomic E-state index is 6.47. The van der Waals surface area contributed by atoms with E-state index in [1.807, 2.05) is 11.3 Å². The minimum Gasteiger partial charge on any atom is -0.490 e. The first-order valence-corrected chi connectivity index (χ1v) is 9.40. The van der Waals surface area contributed by atoms with Crippen molar-refractivity contribution in [1.82, 2.24) is 4.90 Å². The summed E-state index contributed by atoms with van der Waals surface area (Å²) in [6.07, 6.45) is 9.12. The molecule has 2 aliphatic rings. The van der Waals surface area contributed by atoms with E-state index >= 15 is 0 Å². The van der Waals surface area contributed by atoms with E-state index in [0.29, 0.717) is 6.10 Å². The highest BCUT2D eigenvalue weighted by Crippen LogP contribution is 2.42. The molecule has 4 rings (SSSR count). The molecular weight excluding hydrogens is 290 g/mol. The fourth-order valence-electron chi connectivity index (χ4n) is 4.08. The Balaban J connectivity index is 1.55. The maximum Gasteiger partial charge on any atom is 0.128 e. The lowest BCUT2D eigenvalue weighted by atomic mass is 9.92. The largest absolute Gasteiger partial charge is 0.490 e. The number of thiophene rings is 1. The Labute approximate surface area is 137 Å².